The van der Waals surface area contributed by atoms with E-state index in [2.05, 4.69) is 10.2 Å². The summed E-state index contributed by atoms with van der Waals surface area (Å²) >= 11 is 1.46. The van der Waals surface area contributed by atoms with Crippen LogP contribution in [0.5, 0.6) is 0 Å². The summed E-state index contributed by atoms with van der Waals surface area (Å²) in [6, 6.07) is 6.98. The summed E-state index contributed by atoms with van der Waals surface area (Å²) < 4.78 is 15.9. The van der Waals surface area contributed by atoms with Crippen LogP contribution in [0.3, 0.4) is 0 Å². The normalized spacial score (nSPS) is 16.4. The molecule has 20 heavy (non-hydrogen) atoms. The summed E-state index contributed by atoms with van der Waals surface area (Å²) in [5, 5.41) is 18.5. The van der Waals surface area contributed by atoms with E-state index in [-0.39, 0.29) is 5.82 Å². The molecule has 1 aliphatic rings. The zero-order valence-electron chi connectivity index (χ0n) is 11.2. The van der Waals surface area contributed by atoms with Crippen LogP contribution in [0, 0.1) is 5.82 Å². The molecule has 0 saturated heterocycles. The molecule has 0 bridgehead atoms. The lowest BCUT2D eigenvalue weighted by atomic mass is 10.2. The van der Waals surface area contributed by atoms with E-state index in [1.807, 2.05) is 4.57 Å². The maximum Gasteiger partial charge on any atom is 0.191 e. The predicted octanol–water partition coefficient (Wildman–Crippen LogP) is 2.89. The quantitative estimate of drug-likeness (QED) is 0.861. The number of thioether (sulfide) groups is 1. The topological polar surface area (TPSA) is 50.9 Å². The van der Waals surface area contributed by atoms with Crippen molar-refractivity contribution in [2.45, 2.75) is 37.1 Å². The van der Waals surface area contributed by atoms with Crippen LogP contribution in [0.25, 0.3) is 11.4 Å². The fourth-order valence-electron chi connectivity index (χ4n) is 2.06. The molecule has 1 aliphatic carbocycles. The second kappa shape index (κ2) is 5.54. The molecule has 106 valence electrons. The molecular weight excluding hydrogens is 277 g/mol. The summed E-state index contributed by atoms with van der Waals surface area (Å²) in [5.41, 5.74) is 0.482. The molecule has 0 spiro atoms. The van der Waals surface area contributed by atoms with Crippen LogP contribution in [0.15, 0.2) is 29.4 Å². The molecule has 1 atom stereocenters. The lowest BCUT2D eigenvalue weighted by Gasteiger charge is -2.09. The van der Waals surface area contributed by atoms with Gasteiger partial charge >= 0.3 is 0 Å². The smallest absolute Gasteiger partial charge is 0.191 e. The summed E-state index contributed by atoms with van der Waals surface area (Å²) in [5.74, 6) is 0.856. The first-order valence-electron chi connectivity index (χ1n) is 6.67. The van der Waals surface area contributed by atoms with Crippen LogP contribution in [0.2, 0.25) is 0 Å². The number of benzene rings is 1. The molecule has 3 rings (SSSR count). The van der Waals surface area contributed by atoms with Gasteiger partial charge in [0.2, 0.25) is 0 Å². The van der Waals surface area contributed by atoms with E-state index < -0.39 is 6.10 Å². The van der Waals surface area contributed by atoms with Crippen LogP contribution < -0.4 is 0 Å². The Labute approximate surface area is 121 Å². The Morgan fingerprint density at radius 1 is 1.40 bits per heavy atom. The molecule has 2 aromatic rings. The Morgan fingerprint density at radius 2 is 2.15 bits per heavy atom. The van der Waals surface area contributed by atoms with Crippen LogP contribution in [-0.4, -0.2) is 31.7 Å². The number of aliphatic hydroxyl groups is 1. The summed E-state index contributed by atoms with van der Waals surface area (Å²) in [7, 11) is 0. The van der Waals surface area contributed by atoms with Crippen LogP contribution in [0.1, 0.15) is 25.8 Å². The van der Waals surface area contributed by atoms with E-state index in [0.29, 0.717) is 23.2 Å². The highest BCUT2D eigenvalue weighted by atomic mass is 32.2. The van der Waals surface area contributed by atoms with Gasteiger partial charge in [0.15, 0.2) is 11.0 Å². The molecule has 0 aliphatic heterocycles. The number of rotatable bonds is 5. The van der Waals surface area contributed by atoms with Crippen LogP contribution in [0.4, 0.5) is 4.39 Å². The first-order chi connectivity index (χ1) is 9.66. The number of halogens is 1. The monoisotopic (exact) mass is 293 g/mol. The van der Waals surface area contributed by atoms with Gasteiger partial charge in [-0.25, -0.2) is 4.39 Å². The van der Waals surface area contributed by atoms with Crippen LogP contribution >= 0.6 is 11.8 Å². The van der Waals surface area contributed by atoms with Gasteiger partial charge in [0.25, 0.3) is 0 Å². The van der Waals surface area contributed by atoms with E-state index in [0.717, 1.165) is 18.0 Å². The van der Waals surface area contributed by atoms with Gasteiger partial charge in [0.1, 0.15) is 5.82 Å². The predicted molar refractivity (Wildman–Crippen MR) is 76.1 cm³/mol. The van der Waals surface area contributed by atoms with Crippen molar-refractivity contribution < 1.29 is 9.50 Å². The fourth-order valence-corrected chi connectivity index (χ4v) is 2.92. The highest BCUT2D eigenvalue weighted by Crippen LogP contribution is 2.41. The first-order valence-corrected chi connectivity index (χ1v) is 7.66. The Bertz CT molecular complexity index is 610. The summed E-state index contributed by atoms with van der Waals surface area (Å²) in [6.07, 6.45) is 1.74. The minimum Gasteiger partial charge on any atom is -0.393 e. The number of aromatic nitrogens is 3. The molecule has 1 heterocycles. The van der Waals surface area contributed by atoms with E-state index >= 15 is 0 Å². The second-order valence-electron chi connectivity index (χ2n) is 5.05. The molecule has 1 aromatic heterocycles. The van der Waals surface area contributed by atoms with Gasteiger partial charge < -0.3 is 5.11 Å². The van der Waals surface area contributed by atoms with Crippen molar-refractivity contribution >= 4 is 11.8 Å². The Balaban J connectivity index is 1.97. The SMILES string of the molecule is C[C@@H](O)CSc1nnc(-c2ccccc2F)n1C1CC1. The summed E-state index contributed by atoms with van der Waals surface area (Å²) in [6.45, 7) is 1.74. The largest absolute Gasteiger partial charge is 0.393 e. The van der Waals surface area contributed by atoms with Crippen molar-refractivity contribution in [2.24, 2.45) is 0 Å². The second-order valence-corrected chi connectivity index (χ2v) is 6.03. The zero-order chi connectivity index (χ0) is 14.1. The Hall–Kier alpha value is -1.40. The third kappa shape index (κ3) is 2.71. The van der Waals surface area contributed by atoms with Crippen LogP contribution in [-0.2, 0) is 0 Å². The highest BCUT2D eigenvalue weighted by molar-refractivity contribution is 7.99. The molecule has 1 N–H and O–H groups in total. The number of nitrogens with zero attached hydrogens (tertiary/aromatic N) is 3. The highest BCUT2D eigenvalue weighted by Gasteiger charge is 2.30. The molecule has 0 amide bonds. The van der Waals surface area contributed by atoms with Gasteiger partial charge in [0.05, 0.1) is 11.7 Å². The first kappa shape index (κ1) is 13.6. The zero-order valence-corrected chi connectivity index (χ0v) is 12.0. The average molecular weight is 293 g/mol. The van der Waals surface area contributed by atoms with E-state index in [1.54, 1.807) is 25.1 Å². The van der Waals surface area contributed by atoms with Gasteiger partial charge in [-0.3, -0.25) is 4.57 Å². The van der Waals surface area contributed by atoms with Gasteiger partial charge in [0, 0.05) is 11.8 Å². The maximum absolute atomic E-state index is 13.9. The Kier molecular flexibility index (Phi) is 3.76. The molecule has 1 saturated carbocycles. The maximum atomic E-state index is 13.9. The molecule has 4 nitrogen and oxygen atoms in total. The molecule has 0 radical (unpaired) electrons. The lowest BCUT2D eigenvalue weighted by Crippen LogP contribution is -2.06. The van der Waals surface area contributed by atoms with Crippen molar-refractivity contribution in [3.8, 4) is 11.4 Å². The van der Waals surface area contributed by atoms with Gasteiger partial charge in [-0.05, 0) is 31.9 Å². The van der Waals surface area contributed by atoms with Gasteiger partial charge in [-0.2, -0.15) is 0 Å². The molecule has 1 fully saturated rings. The van der Waals surface area contributed by atoms with Crippen molar-refractivity contribution in [1.82, 2.24) is 14.8 Å². The average Bonchev–Trinajstić information content (AvgIpc) is 3.17. The number of aliphatic hydroxyl groups excluding tert-OH is 1. The van der Waals surface area contributed by atoms with Gasteiger partial charge in [-0.1, -0.05) is 23.9 Å². The van der Waals surface area contributed by atoms with Crippen molar-refractivity contribution in [3.05, 3.63) is 30.1 Å². The third-order valence-corrected chi connectivity index (χ3v) is 4.33. The third-order valence-electron chi connectivity index (χ3n) is 3.14. The lowest BCUT2D eigenvalue weighted by molar-refractivity contribution is 0.220. The minimum atomic E-state index is -0.402. The number of hydrogen-bond donors (Lipinski definition) is 1. The summed E-state index contributed by atoms with van der Waals surface area (Å²) in [4.78, 5) is 0. The van der Waals surface area contributed by atoms with Crippen molar-refractivity contribution in [1.29, 1.82) is 0 Å². The van der Waals surface area contributed by atoms with E-state index in [4.69, 9.17) is 0 Å². The van der Waals surface area contributed by atoms with Gasteiger partial charge in [-0.15, -0.1) is 10.2 Å². The molecule has 6 heteroatoms. The molecular formula is C14H16FN3OS. The molecule has 1 aromatic carbocycles. The molecule has 0 unspecified atom stereocenters. The van der Waals surface area contributed by atoms with E-state index in [1.165, 1.54) is 17.8 Å². The van der Waals surface area contributed by atoms with Crippen molar-refractivity contribution in [3.63, 3.8) is 0 Å². The number of hydrogen-bond acceptors (Lipinski definition) is 4. The standard InChI is InChI=1S/C14H16FN3OS/c1-9(19)8-20-14-17-16-13(18(14)10-6-7-10)11-4-2-3-5-12(11)15/h2-5,9-10,19H,6-8H2,1H3/t9-/m1/s1. The Morgan fingerprint density at radius 3 is 2.80 bits per heavy atom. The fraction of sp³-hybridized carbons (Fsp3) is 0.429. The van der Waals surface area contributed by atoms with Crippen molar-refractivity contribution in [2.75, 3.05) is 5.75 Å². The minimum absolute atomic E-state index is 0.283. The van der Waals surface area contributed by atoms with E-state index in [9.17, 15) is 9.50 Å².